The number of rotatable bonds is 2. The van der Waals surface area contributed by atoms with Crippen LogP contribution < -0.4 is 0 Å². The van der Waals surface area contributed by atoms with Crippen molar-refractivity contribution in [3.63, 3.8) is 0 Å². The number of ether oxygens (including phenoxy) is 1. The van der Waals surface area contributed by atoms with Gasteiger partial charge >= 0.3 is 0 Å². The number of nitriles is 1. The van der Waals surface area contributed by atoms with Crippen molar-refractivity contribution in [2.75, 3.05) is 0 Å². The molecule has 19 heavy (non-hydrogen) atoms. The van der Waals surface area contributed by atoms with Gasteiger partial charge in [0.2, 0.25) is 0 Å². The molecule has 106 valence electrons. The van der Waals surface area contributed by atoms with Crippen LogP contribution in [-0.4, -0.2) is 17.3 Å². The second-order valence-corrected chi connectivity index (χ2v) is 6.64. The van der Waals surface area contributed by atoms with Crippen LogP contribution in [0.25, 0.3) is 0 Å². The minimum atomic E-state index is -0.465. The van der Waals surface area contributed by atoms with Crippen molar-refractivity contribution >= 4 is 0 Å². The van der Waals surface area contributed by atoms with E-state index in [9.17, 15) is 10.4 Å². The van der Waals surface area contributed by atoms with E-state index in [1.54, 1.807) is 0 Å². The minimum absolute atomic E-state index is 0.0146. The average Bonchev–Trinajstić information content (AvgIpc) is 2.42. The fourth-order valence-corrected chi connectivity index (χ4v) is 3.93. The third-order valence-corrected chi connectivity index (χ3v) is 5.22. The molecular formula is C16H25NO2. The van der Waals surface area contributed by atoms with Crippen LogP contribution in [0.2, 0.25) is 0 Å². The van der Waals surface area contributed by atoms with E-state index < -0.39 is 5.41 Å². The maximum atomic E-state index is 10.4. The van der Waals surface area contributed by atoms with Gasteiger partial charge in [-0.2, -0.15) is 5.26 Å². The maximum absolute atomic E-state index is 10.4. The Balaban J connectivity index is 2.46. The Bertz CT molecular complexity index is 433. The first-order valence-corrected chi connectivity index (χ1v) is 7.39. The van der Waals surface area contributed by atoms with Gasteiger partial charge < -0.3 is 9.84 Å². The quantitative estimate of drug-likeness (QED) is 0.815. The standard InChI is InChI=1S/C16H25NO2/c1-5-12-7-8-16(6-2)9-11(10-17)13(18)15(3,4)14(16)19-12/h12,14,18H,5-9H2,1-4H3/t12-,14-,16?/m0/s1. The smallest absolute Gasteiger partial charge is 0.114 e. The Morgan fingerprint density at radius 3 is 2.63 bits per heavy atom. The summed E-state index contributed by atoms with van der Waals surface area (Å²) in [7, 11) is 0. The van der Waals surface area contributed by atoms with E-state index in [0.717, 1.165) is 25.7 Å². The topological polar surface area (TPSA) is 53.2 Å². The van der Waals surface area contributed by atoms with Crippen molar-refractivity contribution in [1.82, 2.24) is 0 Å². The van der Waals surface area contributed by atoms with Gasteiger partial charge in [-0.15, -0.1) is 0 Å². The molecule has 0 radical (unpaired) electrons. The van der Waals surface area contributed by atoms with Crippen molar-refractivity contribution in [1.29, 1.82) is 5.26 Å². The molecule has 3 nitrogen and oxygen atoms in total. The molecule has 0 bridgehead atoms. The molecular weight excluding hydrogens is 238 g/mol. The zero-order chi connectivity index (χ0) is 14.3. The summed E-state index contributed by atoms with van der Waals surface area (Å²) in [6.07, 6.45) is 5.14. The Morgan fingerprint density at radius 2 is 2.11 bits per heavy atom. The SMILES string of the molecule is CC[C@H]1CCC2(CC)CC(C#N)=C(O)C(C)(C)[C@@H]2O1. The van der Waals surface area contributed by atoms with Crippen LogP contribution >= 0.6 is 0 Å². The lowest BCUT2D eigenvalue weighted by atomic mass is 9.57. The van der Waals surface area contributed by atoms with Crippen LogP contribution in [0, 0.1) is 22.2 Å². The van der Waals surface area contributed by atoms with E-state index in [4.69, 9.17) is 4.74 Å². The molecule has 0 aromatic carbocycles. The first-order chi connectivity index (χ1) is 8.91. The molecule has 0 aromatic rings. The lowest BCUT2D eigenvalue weighted by Crippen LogP contribution is -2.55. The highest BCUT2D eigenvalue weighted by Crippen LogP contribution is 2.56. The molecule has 1 unspecified atom stereocenters. The second-order valence-electron chi connectivity index (χ2n) is 6.64. The molecule has 1 aliphatic carbocycles. The van der Waals surface area contributed by atoms with Crippen LogP contribution in [0.15, 0.2) is 11.3 Å². The number of hydrogen-bond acceptors (Lipinski definition) is 3. The summed E-state index contributed by atoms with van der Waals surface area (Å²) in [6, 6.07) is 2.20. The highest BCUT2D eigenvalue weighted by Gasteiger charge is 2.55. The van der Waals surface area contributed by atoms with Crippen LogP contribution in [0.3, 0.4) is 0 Å². The lowest BCUT2D eigenvalue weighted by Gasteiger charge is -2.55. The molecule has 2 aliphatic rings. The van der Waals surface area contributed by atoms with Crippen LogP contribution in [0.1, 0.15) is 59.8 Å². The summed E-state index contributed by atoms with van der Waals surface area (Å²) >= 11 is 0. The molecule has 3 heteroatoms. The predicted octanol–water partition coefficient (Wildman–Crippen LogP) is 4.11. The van der Waals surface area contributed by atoms with Crippen LogP contribution in [0.5, 0.6) is 0 Å². The highest BCUT2D eigenvalue weighted by molar-refractivity contribution is 5.34. The fraction of sp³-hybridized carbons (Fsp3) is 0.812. The number of nitrogens with zero attached hydrogens (tertiary/aromatic N) is 1. The first-order valence-electron chi connectivity index (χ1n) is 7.39. The van der Waals surface area contributed by atoms with Crippen molar-refractivity contribution < 1.29 is 9.84 Å². The van der Waals surface area contributed by atoms with E-state index in [1.807, 2.05) is 13.8 Å². The van der Waals surface area contributed by atoms with Gasteiger partial charge in [-0.05, 0) is 32.1 Å². The van der Waals surface area contributed by atoms with Crippen molar-refractivity contribution in [3.8, 4) is 6.07 Å². The van der Waals surface area contributed by atoms with Gasteiger partial charge in [-0.1, -0.05) is 27.7 Å². The summed E-state index contributed by atoms with van der Waals surface area (Å²) in [6.45, 7) is 8.34. The Hall–Kier alpha value is -1.01. The molecule has 3 atom stereocenters. The molecule has 2 rings (SSSR count). The third kappa shape index (κ3) is 2.07. The van der Waals surface area contributed by atoms with Crippen molar-refractivity contribution in [2.45, 2.75) is 72.0 Å². The molecule has 1 N–H and O–H groups in total. The molecule has 1 heterocycles. The van der Waals surface area contributed by atoms with E-state index in [-0.39, 0.29) is 17.3 Å². The number of allylic oxidation sites excluding steroid dienone is 1. The molecule has 1 fully saturated rings. The molecule has 1 aliphatic heterocycles. The molecule has 0 aromatic heterocycles. The molecule has 0 amide bonds. The van der Waals surface area contributed by atoms with Gasteiger partial charge in [0.05, 0.1) is 23.9 Å². The average molecular weight is 263 g/mol. The second kappa shape index (κ2) is 4.83. The van der Waals surface area contributed by atoms with Crippen LogP contribution in [-0.2, 0) is 4.74 Å². The first kappa shape index (κ1) is 14.4. The van der Waals surface area contributed by atoms with Gasteiger partial charge in [-0.25, -0.2) is 0 Å². The normalized spacial score (nSPS) is 37.6. The maximum Gasteiger partial charge on any atom is 0.114 e. The zero-order valence-corrected chi connectivity index (χ0v) is 12.5. The lowest BCUT2D eigenvalue weighted by molar-refractivity contribution is -0.183. The molecule has 0 spiro atoms. The predicted molar refractivity (Wildman–Crippen MR) is 74.6 cm³/mol. The largest absolute Gasteiger partial charge is 0.511 e. The van der Waals surface area contributed by atoms with Gasteiger partial charge in [0.1, 0.15) is 5.76 Å². The fourth-order valence-electron chi connectivity index (χ4n) is 3.93. The van der Waals surface area contributed by atoms with E-state index in [2.05, 4.69) is 19.9 Å². The van der Waals surface area contributed by atoms with Crippen molar-refractivity contribution in [3.05, 3.63) is 11.3 Å². The summed E-state index contributed by atoms with van der Waals surface area (Å²) in [4.78, 5) is 0. The number of fused-ring (bicyclic) bond motifs is 1. The Labute approximate surface area is 116 Å². The monoisotopic (exact) mass is 263 g/mol. The summed E-state index contributed by atoms with van der Waals surface area (Å²) < 4.78 is 6.31. The van der Waals surface area contributed by atoms with E-state index in [1.165, 1.54) is 0 Å². The van der Waals surface area contributed by atoms with Gasteiger partial charge in [0.15, 0.2) is 0 Å². The number of hydrogen-bond donors (Lipinski definition) is 1. The molecule has 0 saturated carbocycles. The summed E-state index contributed by atoms with van der Waals surface area (Å²) in [5.74, 6) is 0.237. The minimum Gasteiger partial charge on any atom is -0.511 e. The van der Waals surface area contributed by atoms with E-state index in [0.29, 0.717) is 18.1 Å². The van der Waals surface area contributed by atoms with Gasteiger partial charge in [0, 0.05) is 10.8 Å². The number of aliphatic hydroxyl groups is 1. The number of aliphatic hydroxyl groups excluding tert-OH is 1. The van der Waals surface area contributed by atoms with E-state index >= 15 is 0 Å². The van der Waals surface area contributed by atoms with Crippen LogP contribution in [0.4, 0.5) is 0 Å². The summed E-state index contributed by atoms with van der Waals surface area (Å²) in [5, 5.41) is 19.7. The zero-order valence-electron chi connectivity index (χ0n) is 12.5. The summed E-state index contributed by atoms with van der Waals surface area (Å²) in [5.41, 5.74) is 0.112. The third-order valence-electron chi connectivity index (χ3n) is 5.22. The Kier molecular flexibility index (Phi) is 3.66. The van der Waals surface area contributed by atoms with Gasteiger partial charge in [-0.3, -0.25) is 0 Å². The Morgan fingerprint density at radius 1 is 1.42 bits per heavy atom. The highest BCUT2D eigenvalue weighted by atomic mass is 16.5. The van der Waals surface area contributed by atoms with Gasteiger partial charge in [0.25, 0.3) is 0 Å². The molecule has 1 saturated heterocycles. The van der Waals surface area contributed by atoms with Crippen molar-refractivity contribution in [2.24, 2.45) is 10.8 Å².